The Kier molecular flexibility index (Phi) is 5.35. The SMILES string of the molecule is C#CCCCNC1CCCC1C1CCCCN1. The quantitative estimate of drug-likeness (QED) is 0.563. The molecule has 2 fully saturated rings. The molecule has 0 aromatic carbocycles. The summed E-state index contributed by atoms with van der Waals surface area (Å²) in [5.41, 5.74) is 0. The number of hydrogen-bond acceptors (Lipinski definition) is 2. The van der Waals surface area contributed by atoms with Crippen molar-refractivity contribution in [2.75, 3.05) is 13.1 Å². The van der Waals surface area contributed by atoms with E-state index in [0.29, 0.717) is 0 Å². The smallest absolute Gasteiger partial charge is 0.0110 e. The van der Waals surface area contributed by atoms with Crippen LogP contribution in [0.25, 0.3) is 0 Å². The molecular weight excluding hydrogens is 208 g/mol. The van der Waals surface area contributed by atoms with Crippen molar-refractivity contribution in [3.05, 3.63) is 0 Å². The Morgan fingerprint density at radius 2 is 2.12 bits per heavy atom. The van der Waals surface area contributed by atoms with Crippen LogP contribution in [0, 0.1) is 18.3 Å². The summed E-state index contributed by atoms with van der Waals surface area (Å²) in [4.78, 5) is 0. The van der Waals surface area contributed by atoms with Crippen molar-refractivity contribution in [1.82, 2.24) is 10.6 Å². The Bertz CT molecular complexity index is 250. The molecule has 96 valence electrons. The average molecular weight is 234 g/mol. The molecule has 3 unspecified atom stereocenters. The van der Waals surface area contributed by atoms with E-state index in [-0.39, 0.29) is 0 Å². The number of piperidine rings is 1. The minimum absolute atomic E-state index is 0.739. The van der Waals surface area contributed by atoms with Crippen molar-refractivity contribution in [3.63, 3.8) is 0 Å². The normalized spacial score (nSPS) is 33.5. The zero-order valence-corrected chi connectivity index (χ0v) is 10.9. The molecule has 1 saturated carbocycles. The summed E-state index contributed by atoms with van der Waals surface area (Å²) in [5, 5.41) is 7.45. The Balaban J connectivity index is 1.74. The van der Waals surface area contributed by atoms with Gasteiger partial charge in [0.25, 0.3) is 0 Å². The van der Waals surface area contributed by atoms with Gasteiger partial charge in [0.2, 0.25) is 0 Å². The number of rotatable bonds is 5. The maximum absolute atomic E-state index is 5.28. The van der Waals surface area contributed by atoms with Gasteiger partial charge in [-0.15, -0.1) is 12.3 Å². The predicted molar refractivity (Wildman–Crippen MR) is 72.8 cm³/mol. The molecule has 1 saturated heterocycles. The molecule has 2 heteroatoms. The van der Waals surface area contributed by atoms with Crippen LogP contribution >= 0.6 is 0 Å². The molecule has 0 bridgehead atoms. The molecule has 17 heavy (non-hydrogen) atoms. The molecule has 1 aliphatic heterocycles. The van der Waals surface area contributed by atoms with Gasteiger partial charge in [0, 0.05) is 18.5 Å². The monoisotopic (exact) mass is 234 g/mol. The number of hydrogen-bond donors (Lipinski definition) is 2. The van der Waals surface area contributed by atoms with Gasteiger partial charge in [-0.05, 0) is 51.1 Å². The van der Waals surface area contributed by atoms with Gasteiger partial charge in [-0.1, -0.05) is 12.8 Å². The summed E-state index contributed by atoms with van der Waals surface area (Å²) >= 11 is 0. The van der Waals surface area contributed by atoms with Gasteiger partial charge in [0.1, 0.15) is 0 Å². The second kappa shape index (κ2) is 7.03. The van der Waals surface area contributed by atoms with E-state index in [1.165, 1.54) is 45.1 Å². The van der Waals surface area contributed by atoms with Crippen molar-refractivity contribution in [3.8, 4) is 12.3 Å². The average Bonchev–Trinajstić information content (AvgIpc) is 2.84. The van der Waals surface area contributed by atoms with Crippen molar-refractivity contribution >= 4 is 0 Å². The third-order valence-electron chi connectivity index (χ3n) is 4.34. The largest absolute Gasteiger partial charge is 0.314 e. The minimum Gasteiger partial charge on any atom is -0.314 e. The Morgan fingerprint density at radius 3 is 2.88 bits per heavy atom. The highest BCUT2D eigenvalue weighted by atomic mass is 15.0. The Hall–Kier alpha value is -0.520. The van der Waals surface area contributed by atoms with Crippen LogP contribution in [-0.4, -0.2) is 25.2 Å². The summed E-state index contributed by atoms with van der Waals surface area (Å²) < 4.78 is 0. The molecule has 0 aromatic heterocycles. The molecule has 3 atom stereocenters. The third kappa shape index (κ3) is 3.72. The highest BCUT2D eigenvalue weighted by molar-refractivity contribution is 4.92. The minimum atomic E-state index is 0.739. The second-order valence-electron chi connectivity index (χ2n) is 5.52. The van der Waals surface area contributed by atoms with Crippen LogP contribution in [0.3, 0.4) is 0 Å². The molecule has 0 aromatic rings. The molecule has 0 amide bonds. The van der Waals surface area contributed by atoms with E-state index in [1.807, 2.05) is 0 Å². The van der Waals surface area contributed by atoms with Gasteiger partial charge >= 0.3 is 0 Å². The summed E-state index contributed by atoms with van der Waals surface area (Å²) in [6.45, 7) is 2.32. The topological polar surface area (TPSA) is 24.1 Å². The van der Waals surface area contributed by atoms with Crippen LogP contribution < -0.4 is 10.6 Å². The maximum Gasteiger partial charge on any atom is 0.0110 e. The van der Waals surface area contributed by atoms with Gasteiger partial charge in [-0.25, -0.2) is 0 Å². The van der Waals surface area contributed by atoms with E-state index in [2.05, 4.69) is 16.6 Å². The fourth-order valence-corrected chi connectivity index (χ4v) is 3.45. The summed E-state index contributed by atoms with van der Waals surface area (Å²) in [7, 11) is 0. The molecule has 2 N–H and O–H groups in total. The standard InChI is InChI=1S/C15H26N2/c1-2-3-5-11-16-15-10-7-8-13(15)14-9-4-6-12-17-14/h1,13-17H,3-12H2. The third-order valence-corrected chi connectivity index (χ3v) is 4.34. The van der Waals surface area contributed by atoms with E-state index in [9.17, 15) is 0 Å². The lowest BCUT2D eigenvalue weighted by Crippen LogP contribution is -2.47. The van der Waals surface area contributed by atoms with Crippen LogP contribution in [0.2, 0.25) is 0 Å². The first-order chi connectivity index (χ1) is 8.42. The van der Waals surface area contributed by atoms with E-state index < -0.39 is 0 Å². The van der Waals surface area contributed by atoms with Crippen LogP contribution in [0.1, 0.15) is 51.4 Å². The maximum atomic E-state index is 5.28. The lowest BCUT2D eigenvalue weighted by Gasteiger charge is -2.33. The number of nitrogens with one attached hydrogen (secondary N) is 2. The van der Waals surface area contributed by atoms with Crippen LogP contribution in [0.4, 0.5) is 0 Å². The molecule has 2 nitrogen and oxygen atoms in total. The second-order valence-corrected chi connectivity index (χ2v) is 5.52. The van der Waals surface area contributed by atoms with Gasteiger partial charge in [0.05, 0.1) is 0 Å². The first kappa shape index (κ1) is 12.9. The zero-order chi connectivity index (χ0) is 11.9. The first-order valence-electron chi connectivity index (χ1n) is 7.32. The van der Waals surface area contributed by atoms with Gasteiger partial charge in [-0.3, -0.25) is 0 Å². The van der Waals surface area contributed by atoms with Crippen molar-refractivity contribution in [2.45, 2.75) is 63.5 Å². The molecule has 0 radical (unpaired) electrons. The van der Waals surface area contributed by atoms with Crippen LogP contribution in [-0.2, 0) is 0 Å². The lowest BCUT2D eigenvalue weighted by molar-refractivity contribution is 0.257. The first-order valence-corrected chi connectivity index (χ1v) is 7.32. The van der Waals surface area contributed by atoms with E-state index in [0.717, 1.165) is 37.4 Å². The Morgan fingerprint density at radius 1 is 1.18 bits per heavy atom. The van der Waals surface area contributed by atoms with Crippen LogP contribution in [0.5, 0.6) is 0 Å². The molecule has 1 heterocycles. The lowest BCUT2D eigenvalue weighted by atomic mass is 9.88. The molecule has 0 spiro atoms. The molecule has 1 aliphatic carbocycles. The van der Waals surface area contributed by atoms with Gasteiger partial charge < -0.3 is 10.6 Å². The Labute approximate surface area is 106 Å². The molecular formula is C15H26N2. The van der Waals surface area contributed by atoms with E-state index in [1.54, 1.807) is 0 Å². The van der Waals surface area contributed by atoms with Crippen molar-refractivity contribution < 1.29 is 0 Å². The van der Waals surface area contributed by atoms with Gasteiger partial charge in [-0.2, -0.15) is 0 Å². The highest BCUT2D eigenvalue weighted by Gasteiger charge is 2.33. The number of unbranched alkanes of at least 4 members (excludes halogenated alkanes) is 1. The zero-order valence-electron chi connectivity index (χ0n) is 10.9. The van der Waals surface area contributed by atoms with Gasteiger partial charge in [0.15, 0.2) is 0 Å². The van der Waals surface area contributed by atoms with Crippen LogP contribution in [0.15, 0.2) is 0 Å². The summed E-state index contributed by atoms with van der Waals surface area (Å²) in [5.74, 6) is 3.58. The fourth-order valence-electron chi connectivity index (χ4n) is 3.45. The molecule has 2 aliphatic rings. The van der Waals surface area contributed by atoms with Crippen molar-refractivity contribution in [1.29, 1.82) is 0 Å². The fraction of sp³-hybridized carbons (Fsp3) is 0.867. The highest BCUT2D eigenvalue weighted by Crippen LogP contribution is 2.31. The number of terminal acetylenes is 1. The predicted octanol–water partition coefficient (Wildman–Crippen LogP) is 2.30. The van der Waals surface area contributed by atoms with Crippen molar-refractivity contribution in [2.24, 2.45) is 5.92 Å². The van der Waals surface area contributed by atoms with E-state index >= 15 is 0 Å². The summed E-state index contributed by atoms with van der Waals surface area (Å²) in [6.07, 6.45) is 15.6. The van der Waals surface area contributed by atoms with E-state index in [4.69, 9.17) is 6.42 Å². The molecule has 2 rings (SSSR count). The summed E-state index contributed by atoms with van der Waals surface area (Å²) in [6, 6.07) is 1.51.